The molecule has 3 heteroatoms. The Balaban J connectivity index is 2.17. The minimum absolute atomic E-state index is 0.320. The summed E-state index contributed by atoms with van der Waals surface area (Å²) in [5, 5.41) is 0. The number of carbonyl (C=O) groups is 1. The van der Waals surface area contributed by atoms with E-state index in [0.717, 1.165) is 12.0 Å². The van der Waals surface area contributed by atoms with Gasteiger partial charge >= 0.3 is 0 Å². The third-order valence-electron chi connectivity index (χ3n) is 3.33. The molecule has 0 aromatic heterocycles. The highest BCUT2D eigenvalue weighted by molar-refractivity contribution is 9.09. The van der Waals surface area contributed by atoms with Gasteiger partial charge in [-0.15, -0.1) is 0 Å². The maximum atomic E-state index is 11.3. The van der Waals surface area contributed by atoms with E-state index in [2.05, 4.69) is 15.9 Å². The van der Waals surface area contributed by atoms with Gasteiger partial charge in [0, 0.05) is 10.4 Å². The van der Waals surface area contributed by atoms with E-state index >= 15 is 0 Å². The third-order valence-corrected chi connectivity index (χ3v) is 4.54. The minimum Gasteiger partial charge on any atom is -0.366 e. The molecule has 16 heavy (non-hydrogen) atoms. The summed E-state index contributed by atoms with van der Waals surface area (Å²) in [5.74, 6) is 0.320. The molecular weight excluding hydrogens is 266 g/mol. The molecule has 0 radical (unpaired) electrons. The number of primary amides is 1. The Bertz CT molecular complexity index is 391. The van der Waals surface area contributed by atoms with Gasteiger partial charge in [0.1, 0.15) is 0 Å². The maximum Gasteiger partial charge on any atom is 0.248 e. The molecule has 2 unspecified atom stereocenters. The molecule has 1 fully saturated rings. The molecule has 0 heterocycles. The number of benzene rings is 1. The van der Waals surface area contributed by atoms with E-state index < -0.39 is 0 Å². The predicted molar refractivity (Wildman–Crippen MR) is 68.7 cm³/mol. The van der Waals surface area contributed by atoms with Gasteiger partial charge in [-0.2, -0.15) is 0 Å². The first-order chi connectivity index (χ1) is 7.68. The van der Waals surface area contributed by atoms with Gasteiger partial charge in [0.25, 0.3) is 0 Å². The van der Waals surface area contributed by atoms with Crippen molar-refractivity contribution < 1.29 is 4.79 Å². The first-order valence-electron chi connectivity index (χ1n) is 5.70. The number of halogens is 1. The van der Waals surface area contributed by atoms with Crippen LogP contribution in [0.25, 0.3) is 0 Å². The molecule has 1 saturated carbocycles. The van der Waals surface area contributed by atoms with E-state index in [1.54, 1.807) is 0 Å². The van der Waals surface area contributed by atoms with Crippen LogP contribution in [0.15, 0.2) is 24.3 Å². The Morgan fingerprint density at radius 3 is 2.75 bits per heavy atom. The summed E-state index contributed by atoms with van der Waals surface area (Å²) < 4.78 is 0. The van der Waals surface area contributed by atoms with Gasteiger partial charge in [0.15, 0.2) is 0 Å². The number of carbonyl (C=O) groups excluding carboxylic acids is 1. The Hall–Kier alpha value is -0.830. The molecule has 0 bridgehead atoms. The van der Waals surface area contributed by atoms with Crippen LogP contribution in [-0.2, 0) is 6.42 Å². The van der Waals surface area contributed by atoms with E-state index in [1.165, 1.54) is 19.3 Å². The second-order valence-electron chi connectivity index (χ2n) is 4.43. The van der Waals surface area contributed by atoms with Gasteiger partial charge in [-0.3, -0.25) is 4.79 Å². The first-order valence-corrected chi connectivity index (χ1v) is 6.62. The van der Waals surface area contributed by atoms with Crippen LogP contribution in [0, 0.1) is 5.92 Å². The third kappa shape index (κ3) is 2.46. The van der Waals surface area contributed by atoms with Crippen molar-refractivity contribution in [2.75, 3.05) is 0 Å². The summed E-state index contributed by atoms with van der Waals surface area (Å²) in [4.78, 5) is 11.9. The summed E-state index contributed by atoms with van der Waals surface area (Å²) in [6.45, 7) is 0. The standard InChI is InChI=1S/C13H16BrNO/c14-12-7-3-5-10(12)8-9-4-1-2-6-11(9)13(15)16/h1-2,4,6,10,12H,3,5,7-8H2,(H2,15,16). The molecule has 0 saturated heterocycles. The summed E-state index contributed by atoms with van der Waals surface area (Å²) in [7, 11) is 0. The molecule has 86 valence electrons. The normalized spacial score (nSPS) is 24.6. The highest BCUT2D eigenvalue weighted by atomic mass is 79.9. The van der Waals surface area contributed by atoms with Crippen LogP contribution < -0.4 is 5.73 Å². The molecule has 2 N–H and O–H groups in total. The summed E-state index contributed by atoms with van der Waals surface area (Å²) in [6.07, 6.45) is 4.71. The lowest BCUT2D eigenvalue weighted by Crippen LogP contribution is -2.17. The van der Waals surface area contributed by atoms with Crippen molar-refractivity contribution in [3.05, 3.63) is 35.4 Å². The Kier molecular flexibility index (Phi) is 3.64. The van der Waals surface area contributed by atoms with E-state index in [-0.39, 0.29) is 5.91 Å². The zero-order valence-corrected chi connectivity index (χ0v) is 10.7. The van der Waals surface area contributed by atoms with Crippen LogP contribution in [-0.4, -0.2) is 10.7 Å². The van der Waals surface area contributed by atoms with Crippen molar-refractivity contribution in [1.82, 2.24) is 0 Å². The second kappa shape index (κ2) is 5.00. The highest BCUT2D eigenvalue weighted by Crippen LogP contribution is 2.34. The van der Waals surface area contributed by atoms with Crippen LogP contribution in [0.2, 0.25) is 0 Å². The van der Waals surface area contributed by atoms with Crippen molar-refractivity contribution in [2.45, 2.75) is 30.5 Å². The molecule has 2 rings (SSSR count). The highest BCUT2D eigenvalue weighted by Gasteiger charge is 2.25. The van der Waals surface area contributed by atoms with Crippen molar-refractivity contribution in [3.8, 4) is 0 Å². The molecule has 0 aliphatic heterocycles. The molecule has 2 atom stereocenters. The van der Waals surface area contributed by atoms with Crippen molar-refractivity contribution in [1.29, 1.82) is 0 Å². The van der Waals surface area contributed by atoms with Gasteiger partial charge in [-0.25, -0.2) is 0 Å². The number of rotatable bonds is 3. The Labute approximate surface area is 104 Å². The maximum absolute atomic E-state index is 11.3. The molecule has 2 nitrogen and oxygen atoms in total. The Morgan fingerprint density at radius 2 is 2.12 bits per heavy atom. The van der Waals surface area contributed by atoms with Crippen LogP contribution in [0.1, 0.15) is 35.2 Å². The average molecular weight is 282 g/mol. The fourth-order valence-electron chi connectivity index (χ4n) is 2.44. The number of amides is 1. The smallest absolute Gasteiger partial charge is 0.248 e. The summed E-state index contributed by atoms with van der Waals surface area (Å²) in [5.41, 5.74) is 7.14. The van der Waals surface area contributed by atoms with Crippen LogP contribution in [0.4, 0.5) is 0 Å². The molecule has 1 aromatic rings. The zero-order chi connectivity index (χ0) is 11.5. The quantitative estimate of drug-likeness (QED) is 0.851. The molecule has 1 aliphatic rings. The zero-order valence-electron chi connectivity index (χ0n) is 9.16. The van der Waals surface area contributed by atoms with Crippen molar-refractivity contribution in [3.63, 3.8) is 0 Å². The van der Waals surface area contributed by atoms with E-state index in [9.17, 15) is 4.79 Å². The van der Waals surface area contributed by atoms with E-state index in [0.29, 0.717) is 16.3 Å². The topological polar surface area (TPSA) is 43.1 Å². The van der Waals surface area contributed by atoms with Crippen LogP contribution in [0.3, 0.4) is 0 Å². The molecule has 0 spiro atoms. The predicted octanol–water partition coefficient (Wildman–Crippen LogP) is 2.89. The van der Waals surface area contributed by atoms with Gasteiger partial charge in [-0.05, 0) is 36.8 Å². The lowest BCUT2D eigenvalue weighted by atomic mass is 9.94. The number of alkyl halides is 1. The number of hydrogen-bond donors (Lipinski definition) is 1. The van der Waals surface area contributed by atoms with Crippen LogP contribution >= 0.6 is 15.9 Å². The second-order valence-corrected chi connectivity index (χ2v) is 5.61. The fraction of sp³-hybridized carbons (Fsp3) is 0.462. The molecular formula is C13H16BrNO. The van der Waals surface area contributed by atoms with E-state index in [4.69, 9.17) is 5.73 Å². The molecule has 1 amide bonds. The summed E-state index contributed by atoms with van der Waals surface area (Å²) in [6, 6.07) is 7.66. The Morgan fingerprint density at radius 1 is 1.38 bits per heavy atom. The minimum atomic E-state index is -0.320. The lowest BCUT2D eigenvalue weighted by Gasteiger charge is -2.15. The monoisotopic (exact) mass is 281 g/mol. The van der Waals surface area contributed by atoms with Gasteiger partial charge in [0.05, 0.1) is 0 Å². The number of nitrogens with two attached hydrogens (primary N) is 1. The SMILES string of the molecule is NC(=O)c1ccccc1CC1CCCC1Br. The van der Waals surface area contributed by atoms with Gasteiger partial charge < -0.3 is 5.73 Å². The molecule has 1 aliphatic carbocycles. The largest absolute Gasteiger partial charge is 0.366 e. The first kappa shape index (κ1) is 11.6. The van der Waals surface area contributed by atoms with Gasteiger partial charge in [-0.1, -0.05) is 40.5 Å². The van der Waals surface area contributed by atoms with Crippen molar-refractivity contribution in [2.24, 2.45) is 11.7 Å². The molecule has 1 aromatic carbocycles. The summed E-state index contributed by atoms with van der Waals surface area (Å²) >= 11 is 3.71. The fourth-order valence-corrected chi connectivity index (χ4v) is 3.22. The van der Waals surface area contributed by atoms with E-state index in [1.807, 2.05) is 24.3 Å². The van der Waals surface area contributed by atoms with Gasteiger partial charge in [0.2, 0.25) is 5.91 Å². The number of hydrogen-bond acceptors (Lipinski definition) is 1. The average Bonchev–Trinajstić information content (AvgIpc) is 2.65. The van der Waals surface area contributed by atoms with Crippen LogP contribution in [0.5, 0.6) is 0 Å². The lowest BCUT2D eigenvalue weighted by molar-refractivity contribution is 0.0999. The van der Waals surface area contributed by atoms with Crippen molar-refractivity contribution >= 4 is 21.8 Å².